The van der Waals surface area contributed by atoms with E-state index in [1.165, 1.54) is 16.2 Å². The Balaban J connectivity index is 2.04. The highest BCUT2D eigenvalue weighted by molar-refractivity contribution is 7.14. The monoisotopic (exact) mass is 372 g/mol. The van der Waals surface area contributed by atoms with E-state index in [9.17, 15) is 14.4 Å². The van der Waals surface area contributed by atoms with Crippen LogP contribution in [0.15, 0.2) is 6.07 Å². The minimum absolute atomic E-state index is 0.0231. The number of amides is 2. The van der Waals surface area contributed by atoms with Crippen molar-refractivity contribution in [3.8, 4) is 0 Å². The molecule has 0 aliphatic carbocycles. The molecular formula is C16H21ClN2O4S. The van der Waals surface area contributed by atoms with E-state index >= 15 is 0 Å². The van der Waals surface area contributed by atoms with E-state index in [2.05, 4.69) is 0 Å². The van der Waals surface area contributed by atoms with E-state index in [4.69, 9.17) is 22.1 Å². The van der Waals surface area contributed by atoms with E-state index < -0.39 is 23.5 Å². The van der Waals surface area contributed by atoms with Gasteiger partial charge in [0.2, 0.25) is 5.91 Å². The minimum atomic E-state index is -0.830. The van der Waals surface area contributed by atoms with Gasteiger partial charge in [-0.05, 0) is 38.8 Å². The second kappa shape index (κ2) is 7.11. The smallest absolute Gasteiger partial charge is 0.306 e. The Bertz CT molecular complexity index is 666. The number of alkyl halides is 1. The van der Waals surface area contributed by atoms with Crippen molar-refractivity contribution in [2.75, 3.05) is 0 Å². The van der Waals surface area contributed by atoms with Gasteiger partial charge >= 0.3 is 5.97 Å². The highest BCUT2D eigenvalue weighted by Crippen LogP contribution is 2.33. The van der Waals surface area contributed by atoms with Crippen molar-refractivity contribution < 1.29 is 19.1 Å². The summed E-state index contributed by atoms with van der Waals surface area (Å²) in [6.07, 6.45) is 0.169. The number of nitrogens with zero attached hydrogens (tertiary/aromatic N) is 1. The van der Waals surface area contributed by atoms with Crippen LogP contribution in [0.3, 0.4) is 0 Å². The molecule has 2 amide bonds. The van der Waals surface area contributed by atoms with Crippen molar-refractivity contribution in [2.45, 2.75) is 57.7 Å². The predicted octanol–water partition coefficient (Wildman–Crippen LogP) is 2.42. The average molecular weight is 373 g/mol. The van der Waals surface area contributed by atoms with Crippen LogP contribution < -0.4 is 5.73 Å². The maximum Gasteiger partial charge on any atom is 0.306 e. The van der Waals surface area contributed by atoms with Crippen LogP contribution in [-0.4, -0.2) is 34.3 Å². The molecule has 0 bridgehead atoms. The highest BCUT2D eigenvalue weighted by atomic mass is 35.5. The lowest BCUT2D eigenvalue weighted by Crippen LogP contribution is -2.45. The Kier molecular flexibility index (Phi) is 5.55. The van der Waals surface area contributed by atoms with Crippen LogP contribution in [0.5, 0.6) is 0 Å². The number of carbonyl (C=O) groups is 3. The molecule has 0 aromatic carbocycles. The van der Waals surface area contributed by atoms with Crippen LogP contribution in [0.4, 0.5) is 0 Å². The number of hydrogen-bond donors (Lipinski definition) is 1. The van der Waals surface area contributed by atoms with Gasteiger partial charge in [0.25, 0.3) is 5.91 Å². The summed E-state index contributed by atoms with van der Waals surface area (Å²) in [6.45, 7) is 5.62. The molecule has 1 aromatic heterocycles. The molecule has 1 unspecified atom stereocenters. The molecule has 0 saturated heterocycles. The summed E-state index contributed by atoms with van der Waals surface area (Å²) in [5, 5.41) is 0. The number of carbonyl (C=O) groups excluding carboxylic acids is 3. The summed E-state index contributed by atoms with van der Waals surface area (Å²) in [5.41, 5.74) is 5.71. The topological polar surface area (TPSA) is 89.7 Å². The Hall–Kier alpha value is -1.60. The van der Waals surface area contributed by atoms with Crippen molar-refractivity contribution in [3.05, 3.63) is 21.4 Å². The summed E-state index contributed by atoms with van der Waals surface area (Å²) < 4.78 is 5.23. The number of primary amides is 1. The van der Waals surface area contributed by atoms with Crippen molar-refractivity contribution >= 4 is 40.7 Å². The summed E-state index contributed by atoms with van der Waals surface area (Å²) in [7, 11) is 0. The van der Waals surface area contributed by atoms with Gasteiger partial charge in [-0.2, -0.15) is 0 Å². The molecule has 1 aromatic rings. The van der Waals surface area contributed by atoms with Crippen LogP contribution in [0.2, 0.25) is 0 Å². The molecule has 0 spiro atoms. The van der Waals surface area contributed by atoms with E-state index in [-0.39, 0.29) is 18.7 Å². The van der Waals surface area contributed by atoms with E-state index in [0.717, 1.165) is 10.4 Å². The van der Waals surface area contributed by atoms with Crippen LogP contribution in [0.25, 0.3) is 0 Å². The summed E-state index contributed by atoms with van der Waals surface area (Å²) in [4.78, 5) is 39.1. The zero-order chi connectivity index (χ0) is 18.1. The number of hydrogen-bond acceptors (Lipinski definition) is 5. The Labute approximate surface area is 149 Å². The lowest BCUT2D eigenvalue weighted by atomic mass is 10.1. The molecule has 2 N–H and O–H groups in total. The van der Waals surface area contributed by atoms with Crippen LogP contribution >= 0.6 is 22.9 Å². The van der Waals surface area contributed by atoms with Gasteiger partial charge in [0.1, 0.15) is 11.6 Å². The zero-order valence-corrected chi connectivity index (χ0v) is 15.5. The second-order valence-electron chi connectivity index (χ2n) is 6.68. The molecule has 6 nitrogen and oxygen atoms in total. The SMILES string of the molecule is CC(C)(C)OC(=O)CCC(C(N)=O)N1Cc2cc(CCl)sc2C1=O. The van der Waals surface area contributed by atoms with Gasteiger partial charge < -0.3 is 15.4 Å². The molecule has 1 aliphatic heterocycles. The number of fused-ring (bicyclic) bond motifs is 1. The second-order valence-corrected chi connectivity index (χ2v) is 8.08. The quantitative estimate of drug-likeness (QED) is 0.613. The Morgan fingerprint density at radius 1 is 1.46 bits per heavy atom. The van der Waals surface area contributed by atoms with Crippen LogP contribution in [-0.2, 0) is 26.8 Å². The van der Waals surface area contributed by atoms with Crippen molar-refractivity contribution in [1.82, 2.24) is 4.90 Å². The van der Waals surface area contributed by atoms with Crippen molar-refractivity contribution in [1.29, 1.82) is 0 Å². The fourth-order valence-corrected chi connectivity index (χ4v) is 3.80. The molecule has 2 rings (SSSR count). The first-order valence-electron chi connectivity index (χ1n) is 7.62. The number of thiophene rings is 1. The molecule has 8 heteroatoms. The normalized spacial score (nSPS) is 15.3. The third kappa shape index (κ3) is 4.27. The first-order valence-corrected chi connectivity index (χ1v) is 8.97. The largest absolute Gasteiger partial charge is 0.460 e. The molecule has 0 radical (unpaired) electrons. The summed E-state index contributed by atoms with van der Waals surface area (Å²) in [6, 6.07) is 1.04. The number of ether oxygens (including phenoxy) is 1. The van der Waals surface area contributed by atoms with Crippen LogP contribution in [0, 0.1) is 0 Å². The van der Waals surface area contributed by atoms with Gasteiger partial charge in [0.15, 0.2) is 0 Å². The predicted molar refractivity (Wildman–Crippen MR) is 91.8 cm³/mol. The summed E-state index contributed by atoms with van der Waals surface area (Å²) in [5.74, 6) is -0.929. The number of rotatable bonds is 6. The van der Waals surface area contributed by atoms with Gasteiger partial charge in [0.05, 0.1) is 10.8 Å². The zero-order valence-electron chi connectivity index (χ0n) is 13.9. The Morgan fingerprint density at radius 3 is 2.62 bits per heavy atom. The molecule has 1 atom stereocenters. The number of halogens is 1. The minimum Gasteiger partial charge on any atom is -0.460 e. The standard InChI is InChI=1S/C16H21ClN2O4S/c1-16(2,3)23-12(20)5-4-11(14(18)21)19-8-9-6-10(7-17)24-13(9)15(19)22/h6,11H,4-5,7-8H2,1-3H3,(H2,18,21). The summed E-state index contributed by atoms with van der Waals surface area (Å²) >= 11 is 7.12. The van der Waals surface area contributed by atoms with E-state index in [1.807, 2.05) is 6.07 Å². The Morgan fingerprint density at radius 2 is 2.12 bits per heavy atom. The first kappa shape index (κ1) is 18.7. The van der Waals surface area contributed by atoms with Gasteiger partial charge in [0, 0.05) is 17.8 Å². The molecule has 1 aliphatic rings. The van der Waals surface area contributed by atoms with Crippen molar-refractivity contribution in [2.24, 2.45) is 5.73 Å². The molecule has 24 heavy (non-hydrogen) atoms. The van der Waals surface area contributed by atoms with Crippen LogP contribution in [0.1, 0.15) is 53.7 Å². The number of nitrogens with two attached hydrogens (primary N) is 1. The van der Waals surface area contributed by atoms with Gasteiger partial charge in [-0.25, -0.2) is 0 Å². The van der Waals surface area contributed by atoms with Crippen molar-refractivity contribution in [3.63, 3.8) is 0 Å². The lowest BCUT2D eigenvalue weighted by Gasteiger charge is -2.26. The number of esters is 1. The highest BCUT2D eigenvalue weighted by Gasteiger charge is 2.37. The first-order chi connectivity index (χ1) is 11.1. The van der Waals surface area contributed by atoms with E-state index in [1.54, 1.807) is 20.8 Å². The molecule has 2 heterocycles. The maximum absolute atomic E-state index is 12.5. The lowest BCUT2D eigenvalue weighted by molar-refractivity contribution is -0.155. The molecule has 0 saturated carbocycles. The van der Waals surface area contributed by atoms with E-state index in [0.29, 0.717) is 17.3 Å². The third-order valence-electron chi connectivity index (χ3n) is 3.53. The average Bonchev–Trinajstić information content (AvgIpc) is 2.97. The molecule has 0 fully saturated rings. The molecular weight excluding hydrogens is 352 g/mol. The third-order valence-corrected chi connectivity index (χ3v) is 5.15. The fourth-order valence-electron chi connectivity index (χ4n) is 2.59. The molecule has 132 valence electrons. The maximum atomic E-state index is 12.5. The van der Waals surface area contributed by atoms with Gasteiger partial charge in [-0.15, -0.1) is 22.9 Å². The van der Waals surface area contributed by atoms with Gasteiger partial charge in [-0.1, -0.05) is 0 Å². The fraction of sp³-hybridized carbons (Fsp3) is 0.562. The van der Waals surface area contributed by atoms with Gasteiger partial charge in [-0.3, -0.25) is 14.4 Å².